The summed E-state index contributed by atoms with van der Waals surface area (Å²) in [6.45, 7) is 8.86. The monoisotopic (exact) mass is 412 g/mol. The van der Waals surface area contributed by atoms with Crippen molar-refractivity contribution in [3.05, 3.63) is 29.1 Å². The molecule has 0 atom stereocenters. The lowest BCUT2D eigenvalue weighted by Crippen LogP contribution is -2.34. The summed E-state index contributed by atoms with van der Waals surface area (Å²) < 4.78 is 35.1. The molecule has 27 heavy (non-hydrogen) atoms. The Balaban J connectivity index is 2.42. The normalized spacial score (nSPS) is 12.1. The second kappa shape index (κ2) is 7.95. The van der Waals surface area contributed by atoms with Crippen LogP contribution in [0.2, 0.25) is 0 Å². The van der Waals surface area contributed by atoms with Crippen molar-refractivity contribution in [2.45, 2.75) is 45.1 Å². The molecule has 0 saturated heterocycles. The highest BCUT2D eigenvalue weighted by atomic mass is 32.2. The fourth-order valence-electron chi connectivity index (χ4n) is 2.23. The minimum absolute atomic E-state index is 0.0410. The van der Waals surface area contributed by atoms with E-state index in [9.17, 15) is 13.2 Å². The molecule has 9 heteroatoms. The number of thiazole rings is 1. The number of hydrogen-bond donors (Lipinski definition) is 0. The van der Waals surface area contributed by atoms with E-state index < -0.39 is 21.8 Å². The molecule has 2 aromatic rings. The lowest BCUT2D eigenvalue weighted by atomic mass is 10.1. The molecule has 0 aliphatic rings. The zero-order chi connectivity index (χ0) is 20.4. The summed E-state index contributed by atoms with van der Waals surface area (Å²) in [6.07, 6.45) is -0.533. The number of anilines is 1. The molecule has 0 saturated carbocycles. The maximum absolute atomic E-state index is 12.4. The number of aryl methyl sites for hydroxylation is 1. The van der Waals surface area contributed by atoms with E-state index in [1.807, 2.05) is 6.92 Å². The van der Waals surface area contributed by atoms with Crippen molar-refractivity contribution in [1.29, 1.82) is 0 Å². The van der Waals surface area contributed by atoms with Crippen LogP contribution in [0.1, 0.15) is 33.3 Å². The Kier molecular flexibility index (Phi) is 6.28. The third-order valence-corrected chi connectivity index (χ3v) is 5.76. The Bertz CT molecular complexity index is 929. The van der Waals surface area contributed by atoms with Crippen molar-refractivity contribution in [2.75, 3.05) is 18.6 Å². The van der Waals surface area contributed by atoms with Crippen LogP contribution in [0.4, 0.5) is 9.93 Å². The highest BCUT2D eigenvalue weighted by Gasteiger charge is 2.25. The van der Waals surface area contributed by atoms with Crippen LogP contribution in [0.3, 0.4) is 0 Å². The molecule has 1 aromatic heterocycles. The van der Waals surface area contributed by atoms with Gasteiger partial charge < -0.3 is 4.74 Å². The van der Waals surface area contributed by atoms with Crippen molar-refractivity contribution in [3.63, 3.8) is 0 Å². The largest absolute Gasteiger partial charge is 0.443 e. The first-order valence-electron chi connectivity index (χ1n) is 8.37. The predicted octanol–water partition coefficient (Wildman–Crippen LogP) is 4.22. The molecule has 2 rings (SSSR count). The minimum atomic E-state index is -3.90. The number of aromatic nitrogens is 1. The molecule has 0 aliphatic heterocycles. The molecule has 0 aliphatic carbocycles. The van der Waals surface area contributed by atoms with E-state index in [4.69, 9.17) is 8.92 Å². The molecule has 7 nitrogen and oxygen atoms in total. The van der Waals surface area contributed by atoms with E-state index >= 15 is 0 Å². The quantitative estimate of drug-likeness (QED) is 0.684. The minimum Gasteiger partial charge on any atom is -0.443 e. The molecule has 0 unspecified atom stereocenters. The number of ether oxygens (including phenoxy) is 1. The first kappa shape index (κ1) is 21.3. The molecule has 0 N–H and O–H groups in total. The molecule has 0 spiro atoms. The van der Waals surface area contributed by atoms with Gasteiger partial charge >= 0.3 is 6.09 Å². The van der Waals surface area contributed by atoms with Crippen LogP contribution in [0.5, 0.6) is 0 Å². The molecule has 0 radical (unpaired) electrons. The van der Waals surface area contributed by atoms with Crippen molar-refractivity contribution in [2.24, 2.45) is 0 Å². The Morgan fingerprint density at radius 3 is 2.56 bits per heavy atom. The fraction of sp³-hybridized carbons (Fsp3) is 0.444. The fourth-order valence-corrected chi connectivity index (χ4v) is 4.12. The molecular formula is C18H24N2O5S2. The number of carbonyl (C=O) groups is 1. The van der Waals surface area contributed by atoms with E-state index in [-0.39, 0.29) is 11.5 Å². The van der Waals surface area contributed by atoms with E-state index in [0.29, 0.717) is 16.4 Å². The van der Waals surface area contributed by atoms with Crippen LogP contribution in [-0.4, -0.2) is 38.8 Å². The summed E-state index contributed by atoms with van der Waals surface area (Å²) in [7, 11) is -2.34. The molecule has 1 amide bonds. The molecule has 148 valence electrons. The van der Waals surface area contributed by atoms with Gasteiger partial charge in [-0.2, -0.15) is 8.42 Å². The van der Waals surface area contributed by atoms with Gasteiger partial charge in [-0.15, -0.1) is 11.3 Å². The predicted molar refractivity (Wildman–Crippen MR) is 106 cm³/mol. The Morgan fingerprint density at radius 1 is 1.30 bits per heavy atom. The van der Waals surface area contributed by atoms with Gasteiger partial charge in [0.15, 0.2) is 5.13 Å². The number of rotatable bonds is 5. The maximum atomic E-state index is 12.4. The van der Waals surface area contributed by atoms with Gasteiger partial charge in [-0.3, -0.25) is 9.08 Å². The van der Waals surface area contributed by atoms with Crippen LogP contribution in [0.25, 0.3) is 11.3 Å². The zero-order valence-electron chi connectivity index (χ0n) is 16.3. The van der Waals surface area contributed by atoms with Gasteiger partial charge in [0.25, 0.3) is 10.1 Å². The third-order valence-electron chi connectivity index (χ3n) is 3.40. The number of amides is 1. The highest BCUT2D eigenvalue weighted by Crippen LogP contribution is 2.33. The van der Waals surface area contributed by atoms with Crippen LogP contribution >= 0.6 is 11.3 Å². The van der Waals surface area contributed by atoms with E-state index in [2.05, 4.69) is 4.98 Å². The average molecular weight is 413 g/mol. The number of hydrogen-bond acceptors (Lipinski definition) is 7. The summed E-state index contributed by atoms with van der Waals surface area (Å²) in [5, 5.41) is 2.11. The summed E-state index contributed by atoms with van der Waals surface area (Å²) in [5.41, 5.74) is 1.15. The first-order chi connectivity index (χ1) is 12.4. The standard InChI is InChI=1S/C18H24N2O5S2/c1-7-24-27(22,23)15-9-8-12(2)10-13(15)14-11-26-16(19-14)20(6)17(21)25-18(3,4)5/h8-11H,7H2,1-6H3. The molecule has 0 fully saturated rings. The van der Waals surface area contributed by atoms with Gasteiger partial charge in [-0.1, -0.05) is 11.6 Å². The smallest absolute Gasteiger partial charge is 0.416 e. The Labute approximate surface area is 164 Å². The van der Waals surface area contributed by atoms with Crippen LogP contribution < -0.4 is 4.90 Å². The molecule has 1 aromatic carbocycles. The Hall–Kier alpha value is -1.97. The second-order valence-corrected chi connectivity index (χ2v) is 9.34. The molecule has 1 heterocycles. The molecule has 0 bridgehead atoms. The topological polar surface area (TPSA) is 85.8 Å². The summed E-state index contributed by atoms with van der Waals surface area (Å²) in [5.74, 6) is 0. The number of carbonyl (C=O) groups excluding carboxylic acids is 1. The number of benzene rings is 1. The first-order valence-corrected chi connectivity index (χ1v) is 10.7. The summed E-state index contributed by atoms with van der Waals surface area (Å²) >= 11 is 1.22. The van der Waals surface area contributed by atoms with Gasteiger partial charge in [-0.05, 0) is 46.8 Å². The van der Waals surface area contributed by atoms with Crippen molar-refractivity contribution < 1.29 is 22.1 Å². The van der Waals surface area contributed by atoms with Gasteiger partial charge in [0.05, 0.1) is 12.3 Å². The lowest BCUT2D eigenvalue weighted by molar-refractivity contribution is 0.0589. The van der Waals surface area contributed by atoms with Crippen LogP contribution in [0.15, 0.2) is 28.5 Å². The second-order valence-electron chi connectivity index (χ2n) is 6.91. The van der Waals surface area contributed by atoms with Crippen LogP contribution in [-0.2, 0) is 19.0 Å². The number of nitrogens with zero attached hydrogens (tertiary/aromatic N) is 2. The van der Waals surface area contributed by atoms with Crippen molar-refractivity contribution in [3.8, 4) is 11.3 Å². The SMILES string of the molecule is CCOS(=O)(=O)c1ccc(C)cc1-c1csc(N(C)C(=O)OC(C)(C)C)n1. The van der Waals surface area contributed by atoms with E-state index in [1.54, 1.807) is 52.3 Å². The van der Waals surface area contributed by atoms with Gasteiger partial charge in [0.2, 0.25) is 0 Å². The Morgan fingerprint density at radius 2 is 1.96 bits per heavy atom. The lowest BCUT2D eigenvalue weighted by Gasteiger charge is -2.23. The molecular weight excluding hydrogens is 388 g/mol. The van der Waals surface area contributed by atoms with Crippen LogP contribution in [0, 0.1) is 6.92 Å². The maximum Gasteiger partial charge on any atom is 0.416 e. The summed E-state index contributed by atoms with van der Waals surface area (Å²) in [6, 6.07) is 4.94. The van der Waals surface area contributed by atoms with Gasteiger partial charge in [-0.25, -0.2) is 9.78 Å². The average Bonchev–Trinajstić information content (AvgIpc) is 3.01. The van der Waals surface area contributed by atoms with Gasteiger partial charge in [0, 0.05) is 18.0 Å². The zero-order valence-corrected chi connectivity index (χ0v) is 17.9. The van der Waals surface area contributed by atoms with E-state index in [0.717, 1.165) is 5.56 Å². The summed E-state index contributed by atoms with van der Waals surface area (Å²) in [4.78, 5) is 18.0. The van der Waals surface area contributed by atoms with Crippen molar-refractivity contribution in [1.82, 2.24) is 4.98 Å². The van der Waals surface area contributed by atoms with Gasteiger partial charge in [0.1, 0.15) is 10.5 Å². The van der Waals surface area contributed by atoms with E-state index in [1.165, 1.54) is 22.3 Å². The highest BCUT2D eigenvalue weighted by molar-refractivity contribution is 7.87. The third kappa shape index (κ3) is 5.27. The van der Waals surface area contributed by atoms with Crippen molar-refractivity contribution >= 4 is 32.7 Å².